The van der Waals surface area contributed by atoms with E-state index < -0.39 is 5.25 Å². The molecule has 0 aliphatic heterocycles. The van der Waals surface area contributed by atoms with E-state index in [2.05, 4.69) is 15.6 Å². The number of halogens is 2. The lowest BCUT2D eigenvalue weighted by Gasteiger charge is -2.16. The van der Waals surface area contributed by atoms with E-state index in [0.717, 1.165) is 16.0 Å². The molecule has 5 aromatic rings. The third-order valence-corrected chi connectivity index (χ3v) is 8.56. The van der Waals surface area contributed by atoms with Crippen LogP contribution >= 0.6 is 46.3 Å². The van der Waals surface area contributed by atoms with Gasteiger partial charge in [-0.25, -0.2) is 4.98 Å². The summed E-state index contributed by atoms with van der Waals surface area (Å²) in [4.78, 5) is 31.2. The Kier molecular flexibility index (Phi) is 9.59. The van der Waals surface area contributed by atoms with Crippen molar-refractivity contribution in [3.8, 4) is 17.0 Å². The van der Waals surface area contributed by atoms with Crippen molar-refractivity contribution < 1.29 is 14.3 Å². The maximum absolute atomic E-state index is 13.5. The maximum atomic E-state index is 13.5. The van der Waals surface area contributed by atoms with E-state index in [1.54, 1.807) is 36.4 Å². The van der Waals surface area contributed by atoms with Crippen LogP contribution in [0.15, 0.2) is 113 Å². The summed E-state index contributed by atoms with van der Waals surface area (Å²) < 4.78 is 5.50. The Hall–Kier alpha value is -3.82. The fourth-order valence-corrected chi connectivity index (χ4v) is 5.85. The van der Waals surface area contributed by atoms with Crippen LogP contribution in [0.3, 0.4) is 0 Å². The van der Waals surface area contributed by atoms with Gasteiger partial charge in [0, 0.05) is 21.5 Å². The van der Waals surface area contributed by atoms with Gasteiger partial charge < -0.3 is 15.4 Å². The average molecular weight is 621 g/mol. The van der Waals surface area contributed by atoms with E-state index in [1.165, 1.54) is 23.1 Å². The van der Waals surface area contributed by atoms with E-state index in [0.29, 0.717) is 32.3 Å². The number of nitrogens with one attached hydrogen (secondary N) is 2. The maximum Gasteiger partial charge on any atom is 0.262 e. The number of nitrogens with zero attached hydrogens (tertiary/aromatic N) is 1. The van der Waals surface area contributed by atoms with Crippen molar-refractivity contribution in [1.82, 2.24) is 4.98 Å². The first-order valence-corrected chi connectivity index (χ1v) is 15.0. The molecule has 2 amide bonds. The molecule has 1 aromatic heterocycles. The molecule has 0 saturated heterocycles. The number of benzene rings is 4. The minimum absolute atomic E-state index is 0.0969. The average Bonchev–Trinajstić information content (AvgIpc) is 3.46. The van der Waals surface area contributed by atoms with Crippen LogP contribution in [0.4, 0.5) is 10.8 Å². The molecule has 0 aliphatic carbocycles. The molecule has 10 heteroatoms. The zero-order valence-electron chi connectivity index (χ0n) is 21.4. The highest BCUT2D eigenvalue weighted by Crippen LogP contribution is 2.37. The van der Waals surface area contributed by atoms with Gasteiger partial charge >= 0.3 is 0 Å². The molecule has 0 spiro atoms. The number of para-hydroxylation sites is 1. The highest BCUT2D eigenvalue weighted by Gasteiger charge is 2.23. The van der Waals surface area contributed by atoms with Gasteiger partial charge in [-0.3, -0.25) is 9.59 Å². The highest BCUT2D eigenvalue weighted by atomic mass is 35.5. The summed E-state index contributed by atoms with van der Waals surface area (Å²) in [5, 5.41) is 8.50. The van der Waals surface area contributed by atoms with Gasteiger partial charge in [-0.15, -0.1) is 23.1 Å². The van der Waals surface area contributed by atoms with Gasteiger partial charge in [-0.2, -0.15) is 0 Å². The van der Waals surface area contributed by atoms with Crippen molar-refractivity contribution in [1.29, 1.82) is 0 Å². The first-order chi connectivity index (χ1) is 19.9. The number of aromatic nitrogens is 1. The highest BCUT2D eigenvalue weighted by molar-refractivity contribution is 8.00. The number of hydrogen-bond acceptors (Lipinski definition) is 6. The fourth-order valence-electron chi connectivity index (χ4n) is 3.81. The van der Waals surface area contributed by atoms with Crippen LogP contribution in [0, 0.1) is 0 Å². The van der Waals surface area contributed by atoms with Crippen molar-refractivity contribution in [2.24, 2.45) is 0 Å². The van der Waals surface area contributed by atoms with E-state index in [9.17, 15) is 9.59 Å². The second kappa shape index (κ2) is 13.7. The van der Waals surface area contributed by atoms with Gasteiger partial charge in [0.2, 0.25) is 5.91 Å². The quantitative estimate of drug-likeness (QED) is 0.153. The number of thioether (sulfide) groups is 1. The Morgan fingerprint density at radius 2 is 1.56 bits per heavy atom. The standard InChI is InChI=1S/C31H23Cl2N3O3S2/c32-25-16-11-21(17-26(25)33)27-19-40-31(35-27)36-30(38)29(20-7-3-1-4-8-20)41-24-14-12-22(13-15-24)34-28(37)18-39-23-9-5-2-6-10-23/h1-17,19,29H,18H2,(H,34,37)(H,35,36,38). The number of ether oxygens (including phenoxy) is 1. The zero-order valence-corrected chi connectivity index (χ0v) is 24.6. The minimum atomic E-state index is -0.534. The topological polar surface area (TPSA) is 80.3 Å². The predicted octanol–water partition coefficient (Wildman–Crippen LogP) is 8.61. The smallest absolute Gasteiger partial charge is 0.262 e. The summed E-state index contributed by atoms with van der Waals surface area (Å²) in [6.07, 6.45) is 0. The molecule has 4 aromatic carbocycles. The summed E-state index contributed by atoms with van der Waals surface area (Å²) in [6.45, 7) is -0.0969. The number of carbonyl (C=O) groups is 2. The van der Waals surface area contributed by atoms with Gasteiger partial charge in [-0.1, -0.05) is 77.8 Å². The van der Waals surface area contributed by atoms with Crippen molar-refractivity contribution >= 4 is 68.9 Å². The molecule has 206 valence electrons. The van der Waals surface area contributed by atoms with E-state index >= 15 is 0 Å². The van der Waals surface area contributed by atoms with Crippen LogP contribution in [-0.4, -0.2) is 23.4 Å². The van der Waals surface area contributed by atoms with E-state index in [1.807, 2.05) is 72.1 Å². The molecule has 2 N–H and O–H groups in total. The SMILES string of the molecule is O=C(COc1ccccc1)Nc1ccc(SC(C(=O)Nc2nc(-c3ccc(Cl)c(Cl)c3)cs2)c2ccccc2)cc1. The van der Waals surface area contributed by atoms with Crippen LogP contribution in [0.2, 0.25) is 10.0 Å². The Morgan fingerprint density at radius 1 is 0.854 bits per heavy atom. The molecule has 1 unspecified atom stereocenters. The Bertz CT molecular complexity index is 1630. The van der Waals surface area contributed by atoms with Crippen molar-refractivity contribution in [3.63, 3.8) is 0 Å². The van der Waals surface area contributed by atoms with Gasteiger partial charge in [-0.05, 0) is 54.1 Å². The second-order valence-electron chi connectivity index (χ2n) is 8.74. The summed E-state index contributed by atoms with van der Waals surface area (Å²) in [5.74, 6) is 0.161. The van der Waals surface area contributed by atoms with Crippen LogP contribution < -0.4 is 15.4 Å². The molecule has 0 aliphatic rings. The molecule has 41 heavy (non-hydrogen) atoms. The lowest BCUT2D eigenvalue weighted by molar-refractivity contribution is -0.118. The van der Waals surface area contributed by atoms with Crippen LogP contribution in [0.1, 0.15) is 10.8 Å². The number of anilines is 2. The first-order valence-electron chi connectivity index (χ1n) is 12.5. The first kappa shape index (κ1) is 28.7. The van der Waals surface area contributed by atoms with E-state index in [-0.39, 0.29) is 18.4 Å². The van der Waals surface area contributed by atoms with Crippen molar-refractivity contribution in [2.45, 2.75) is 10.1 Å². The minimum Gasteiger partial charge on any atom is -0.484 e. The molecule has 0 fully saturated rings. The normalized spacial score (nSPS) is 11.5. The van der Waals surface area contributed by atoms with Crippen LogP contribution in [0.5, 0.6) is 5.75 Å². The Morgan fingerprint density at radius 3 is 2.27 bits per heavy atom. The van der Waals surface area contributed by atoms with Gasteiger partial charge in [0.1, 0.15) is 11.0 Å². The lowest BCUT2D eigenvalue weighted by Crippen LogP contribution is -2.20. The third kappa shape index (κ3) is 7.89. The summed E-state index contributed by atoms with van der Waals surface area (Å²) in [5.41, 5.74) is 2.99. The molecular formula is C31H23Cl2N3O3S2. The van der Waals surface area contributed by atoms with Gasteiger partial charge in [0.15, 0.2) is 11.7 Å². The molecular weight excluding hydrogens is 597 g/mol. The molecule has 1 atom stereocenters. The third-order valence-electron chi connectivity index (χ3n) is 5.80. The molecule has 1 heterocycles. The number of thiazole rings is 1. The number of rotatable bonds is 10. The van der Waals surface area contributed by atoms with Crippen LogP contribution in [-0.2, 0) is 9.59 Å². The summed E-state index contributed by atoms with van der Waals surface area (Å²) in [6, 6.07) is 31.3. The molecule has 5 rings (SSSR count). The molecule has 0 saturated carbocycles. The lowest BCUT2D eigenvalue weighted by atomic mass is 10.1. The largest absolute Gasteiger partial charge is 0.484 e. The van der Waals surface area contributed by atoms with E-state index in [4.69, 9.17) is 27.9 Å². The van der Waals surface area contributed by atoms with Crippen molar-refractivity contribution in [3.05, 3.63) is 124 Å². The number of carbonyl (C=O) groups excluding carboxylic acids is 2. The molecule has 0 radical (unpaired) electrons. The second-order valence-corrected chi connectivity index (χ2v) is 11.6. The van der Waals surface area contributed by atoms with Gasteiger partial charge in [0.05, 0.1) is 15.7 Å². The fraction of sp³-hybridized carbons (Fsp3) is 0.0645. The monoisotopic (exact) mass is 619 g/mol. The van der Waals surface area contributed by atoms with Gasteiger partial charge in [0.25, 0.3) is 5.91 Å². The molecule has 6 nitrogen and oxygen atoms in total. The Balaban J connectivity index is 1.24. The Labute approximate surface area is 255 Å². The number of amides is 2. The number of hydrogen-bond donors (Lipinski definition) is 2. The predicted molar refractivity (Wildman–Crippen MR) is 168 cm³/mol. The van der Waals surface area contributed by atoms with Crippen molar-refractivity contribution in [2.75, 3.05) is 17.2 Å². The summed E-state index contributed by atoms with van der Waals surface area (Å²) >= 11 is 14.9. The van der Waals surface area contributed by atoms with Crippen LogP contribution in [0.25, 0.3) is 11.3 Å². The zero-order chi connectivity index (χ0) is 28.6. The molecule has 0 bridgehead atoms. The summed E-state index contributed by atoms with van der Waals surface area (Å²) in [7, 11) is 0.